The third-order valence-electron chi connectivity index (χ3n) is 4.14. The third-order valence-corrected chi connectivity index (χ3v) is 4.75. The zero-order chi connectivity index (χ0) is 18.7. The largest absolute Gasteiger partial charge is 0.376 e. The SMILES string of the molecule is CN(C)c1ccc(-c2nc(Cl)c(CC#N)n2Cc2ccccc2)cc1Cl. The Morgan fingerprint density at radius 2 is 1.85 bits per heavy atom. The Hall–Kier alpha value is -2.48. The summed E-state index contributed by atoms with van der Waals surface area (Å²) in [5.74, 6) is 0.705. The van der Waals surface area contributed by atoms with Gasteiger partial charge >= 0.3 is 0 Å². The van der Waals surface area contributed by atoms with Crippen molar-refractivity contribution in [1.29, 1.82) is 5.26 Å². The molecule has 2 aromatic carbocycles. The van der Waals surface area contributed by atoms with Gasteiger partial charge in [-0.3, -0.25) is 0 Å². The summed E-state index contributed by atoms with van der Waals surface area (Å²) >= 11 is 12.8. The molecule has 26 heavy (non-hydrogen) atoms. The predicted octanol–water partition coefficient (Wildman–Crippen LogP) is 5.04. The lowest BCUT2D eigenvalue weighted by Crippen LogP contribution is -2.09. The molecule has 0 amide bonds. The number of anilines is 1. The quantitative estimate of drug-likeness (QED) is 0.618. The Morgan fingerprint density at radius 1 is 1.12 bits per heavy atom. The van der Waals surface area contributed by atoms with E-state index in [0.717, 1.165) is 16.8 Å². The first kappa shape index (κ1) is 18.3. The van der Waals surface area contributed by atoms with Crippen LogP contribution in [0.15, 0.2) is 48.5 Å². The van der Waals surface area contributed by atoms with E-state index in [4.69, 9.17) is 23.2 Å². The highest BCUT2D eigenvalue weighted by Gasteiger charge is 2.18. The van der Waals surface area contributed by atoms with Gasteiger partial charge in [0.25, 0.3) is 0 Å². The van der Waals surface area contributed by atoms with Gasteiger partial charge in [0.2, 0.25) is 0 Å². The fraction of sp³-hybridized carbons (Fsp3) is 0.200. The minimum absolute atomic E-state index is 0.197. The van der Waals surface area contributed by atoms with Gasteiger partial charge in [-0.25, -0.2) is 4.98 Å². The van der Waals surface area contributed by atoms with Crippen LogP contribution >= 0.6 is 23.2 Å². The number of imidazole rings is 1. The van der Waals surface area contributed by atoms with E-state index in [9.17, 15) is 5.26 Å². The number of benzene rings is 2. The van der Waals surface area contributed by atoms with Gasteiger partial charge in [-0.2, -0.15) is 5.26 Å². The third kappa shape index (κ3) is 3.70. The van der Waals surface area contributed by atoms with E-state index in [2.05, 4.69) is 11.1 Å². The summed E-state index contributed by atoms with van der Waals surface area (Å²) in [6.45, 7) is 0.583. The molecule has 0 unspecified atom stereocenters. The van der Waals surface area contributed by atoms with Crippen LogP contribution in [-0.4, -0.2) is 23.6 Å². The molecule has 0 aliphatic carbocycles. The summed E-state index contributed by atoms with van der Waals surface area (Å²) in [4.78, 5) is 6.47. The molecular weight excluding hydrogens is 367 g/mol. The van der Waals surface area contributed by atoms with Crippen LogP contribution in [0.25, 0.3) is 11.4 Å². The van der Waals surface area contributed by atoms with Gasteiger partial charge in [0.15, 0.2) is 5.15 Å². The van der Waals surface area contributed by atoms with Crippen molar-refractivity contribution >= 4 is 28.9 Å². The van der Waals surface area contributed by atoms with Gasteiger partial charge in [0.1, 0.15) is 5.82 Å². The minimum Gasteiger partial charge on any atom is -0.376 e. The highest BCUT2D eigenvalue weighted by Crippen LogP contribution is 2.32. The molecule has 0 bridgehead atoms. The molecule has 1 aromatic heterocycles. The van der Waals surface area contributed by atoms with Crippen LogP contribution in [0.5, 0.6) is 0 Å². The number of nitriles is 1. The van der Waals surface area contributed by atoms with Gasteiger partial charge in [-0.1, -0.05) is 53.5 Å². The molecule has 0 saturated heterocycles. The van der Waals surface area contributed by atoms with E-state index < -0.39 is 0 Å². The summed E-state index contributed by atoms with van der Waals surface area (Å²) in [5, 5.41) is 10.2. The first-order valence-corrected chi connectivity index (χ1v) is 8.90. The standard InChI is InChI=1S/C20H18Cl2N4/c1-25(2)17-9-8-15(12-16(17)21)20-24-19(22)18(10-11-23)26(20)13-14-6-4-3-5-7-14/h3-9,12H,10,13H2,1-2H3. The van der Waals surface area contributed by atoms with E-state index in [1.807, 2.05) is 72.1 Å². The maximum atomic E-state index is 9.18. The Labute approximate surface area is 163 Å². The first-order chi connectivity index (χ1) is 12.5. The second-order valence-electron chi connectivity index (χ2n) is 6.14. The lowest BCUT2D eigenvalue weighted by Gasteiger charge is -2.16. The minimum atomic E-state index is 0.197. The fourth-order valence-corrected chi connectivity index (χ4v) is 3.46. The average molecular weight is 385 g/mol. The van der Waals surface area contributed by atoms with Crippen LogP contribution in [0.4, 0.5) is 5.69 Å². The van der Waals surface area contributed by atoms with Gasteiger partial charge in [0.05, 0.1) is 28.9 Å². The number of hydrogen-bond donors (Lipinski definition) is 0. The maximum Gasteiger partial charge on any atom is 0.152 e. The van der Waals surface area contributed by atoms with Crippen LogP contribution in [0.3, 0.4) is 0 Å². The zero-order valence-electron chi connectivity index (χ0n) is 14.6. The van der Waals surface area contributed by atoms with Crippen molar-refractivity contribution in [3.05, 3.63) is 70.0 Å². The highest BCUT2D eigenvalue weighted by molar-refractivity contribution is 6.33. The summed E-state index contributed by atoms with van der Waals surface area (Å²) in [6.07, 6.45) is 0.197. The molecule has 0 aliphatic heterocycles. The lowest BCUT2D eigenvalue weighted by atomic mass is 10.1. The molecule has 1 heterocycles. The molecule has 3 rings (SSSR count). The van der Waals surface area contributed by atoms with Crippen molar-refractivity contribution < 1.29 is 0 Å². The Kier molecular flexibility index (Phi) is 5.51. The number of aromatic nitrogens is 2. The molecule has 0 aliphatic rings. The Morgan fingerprint density at radius 3 is 2.46 bits per heavy atom. The smallest absolute Gasteiger partial charge is 0.152 e. The van der Waals surface area contributed by atoms with E-state index in [1.54, 1.807) is 0 Å². The van der Waals surface area contributed by atoms with Crippen molar-refractivity contribution in [1.82, 2.24) is 9.55 Å². The number of hydrogen-bond acceptors (Lipinski definition) is 3. The maximum absolute atomic E-state index is 9.18. The molecule has 0 saturated carbocycles. The van der Waals surface area contributed by atoms with Crippen molar-refractivity contribution in [3.8, 4) is 17.5 Å². The summed E-state index contributed by atoms with van der Waals surface area (Å²) < 4.78 is 1.99. The van der Waals surface area contributed by atoms with E-state index in [-0.39, 0.29) is 6.42 Å². The van der Waals surface area contributed by atoms with E-state index >= 15 is 0 Å². The second kappa shape index (κ2) is 7.82. The molecule has 0 spiro atoms. The monoisotopic (exact) mass is 384 g/mol. The zero-order valence-corrected chi connectivity index (χ0v) is 16.1. The summed E-state index contributed by atoms with van der Waals surface area (Å²) in [7, 11) is 3.89. The van der Waals surface area contributed by atoms with Gasteiger partial charge in [0, 0.05) is 26.2 Å². The van der Waals surface area contributed by atoms with Crippen LogP contribution in [0.2, 0.25) is 10.2 Å². The Balaban J connectivity index is 2.11. The molecular formula is C20H18Cl2N4. The van der Waals surface area contributed by atoms with E-state index in [1.165, 1.54) is 0 Å². The van der Waals surface area contributed by atoms with Crippen molar-refractivity contribution in [2.45, 2.75) is 13.0 Å². The Bertz CT molecular complexity index is 956. The van der Waals surface area contributed by atoms with Crippen molar-refractivity contribution in [2.75, 3.05) is 19.0 Å². The highest BCUT2D eigenvalue weighted by atomic mass is 35.5. The molecule has 132 valence electrons. The number of rotatable bonds is 5. The molecule has 6 heteroatoms. The summed E-state index contributed by atoms with van der Waals surface area (Å²) in [6, 6.07) is 18.0. The van der Waals surface area contributed by atoms with Gasteiger partial charge in [-0.05, 0) is 23.8 Å². The topological polar surface area (TPSA) is 44.9 Å². The number of halogens is 2. The normalized spacial score (nSPS) is 10.6. The lowest BCUT2D eigenvalue weighted by molar-refractivity contribution is 0.767. The predicted molar refractivity (Wildman–Crippen MR) is 107 cm³/mol. The van der Waals surface area contributed by atoms with Crippen LogP contribution in [0, 0.1) is 11.3 Å². The average Bonchev–Trinajstić information content (AvgIpc) is 2.92. The van der Waals surface area contributed by atoms with E-state index in [0.29, 0.717) is 28.2 Å². The number of nitrogens with zero attached hydrogens (tertiary/aromatic N) is 4. The fourth-order valence-electron chi connectivity index (χ4n) is 2.87. The second-order valence-corrected chi connectivity index (χ2v) is 6.91. The van der Waals surface area contributed by atoms with Crippen LogP contribution in [0.1, 0.15) is 11.3 Å². The molecule has 4 nitrogen and oxygen atoms in total. The molecule has 3 aromatic rings. The summed E-state index contributed by atoms with van der Waals surface area (Å²) in [5.41, 5.74) is 3.61. The van der Waals surface area contributed by atoms with Crippen molar-refractivity contribution in [2.24, 2.45) is 0 Å². The van der Waals surface area contributed by atoms with Crippen molar-refractivity contribution in [3.63, 3.8) is 0 Å². The molecule has 0 N–H and O–H groups in total. The molecule has 0 fully saturated rings. The van der Waals surface area contributed by atoms with Gasteiger partial charge < -0.3 is 9.47 Å². The van der Waals surface area contributed by atoms with Gasteiger partial charge in [-0.15, -0.1) is 0 Å². The van der Waals surface area contributed by atoms with Crippen LogP contribution < -0.4 is 4.90 Å². The molecule has 0 atom stereocenters. The van der Waals surface area contributed by atoms with Crippen LogP contribution in [-0.2, 0) is 13.0 Å². The first-order valence-electron chi connectivity index (χ1n) is 8.14. The molecule has 0 radical (unpaired) electrons.